The molecule has 0 aliphatic heterocycles. The number of benzene rings is 2. The van der Waals surface area contributed by atoms with Crippen LogP contribution in [0.15, 0.2) is 59.1 Å². The van der Waals surface area contributed by atoms with Gasteiger partial charge in [-0.05, 0) is 12.1 Å². The van der Waals surface area contributed by atoms with Crippen molar-refractivity contribution in [3.05, 3.63) is 71.5 Å². The highest BCUT2D eigenvalue weighted by Gasteiger charge is 2.09. The Kier molecular flexibility index (Phi) is 5.30. The summed E-state index contributed by atoms with van der Waals surface area (Å²) in [5, 5.41) is 2.57. The number of carbonyl (C=O) groups is 1. The molecule has 0 aliphatic carbocycles. The SMILES string of the molecule is O=C(COc1ccc(F)c(Cl)c1)NCc1ncc(-c2ccccc2)o1. The molecule has 5 nitrogen and oxygen atoms in total. The van der Waals surface area contributed by atoms with Crippen LogP contribution in [0.3, 0.4) is 0 Å². The lowest BCUT2D eigenvalue weighted by molar-refractivity contribution is -0.123. The Bertz CT molecular complexity index is 868. The number of nitrogens with one attached hydrogen (secondary N) is 1. The van der Waals surface area contributed by atoms with Gasteiger partial charge in [0.1, 0.15) is 11.6 Å². The summed E-state index contributed by atoms with van der Waals surface area (Å²) in [7, 11) is 0. The lowest BCUT2D eigenvalue weighted by Crippen LogP contribution is -2.28. The van der Waals surface area contributed by atoms with Gasteiger partial charge in [-0.1, -0.05) is 41.9 Å². The summed E-state index contributed by atoms with van der Waals surface area (Å²) < 4.78 is 23.9. The van der Waals surface area contributed by atoms with Crippen LogP contribution < -0.4 is 10.1 Å². The molecule has 0 spiro atoms. The Labute approximate surface area is 148 Å². The van der Waals surface area contributed by atoms with Crippen molar-refractivity contribution in [2.75, 3.05) is 6.61 Å². The molecule has 0 aliphatic rings. The summed E-state index contributed by atoms with van der Waals surface area (Å²) >= 11 is 5.65. The smallest absolute Gasteiger partial charge is 0.258 e. The van der Waals surface area contributed by atoms with Crippen LogP contribution in [0.4, 0.5) is 4.39 Å². The molecule has 0 atom stereocenters. The minimum Gasteiger partial charge on any atom is -0.484 e. The molecule has 3 rings (SSSR count). The summed E-state index contributed by atoms with van der Waals surface area (Å²) in [6.07, 6.45) is 1.60. The number of rotatable bonds is 6. The summed E-state index contributed by atoms with van der Waals surface area (Å²) in [6, 6.07) is 13.4. The third-order valence-electron chi connectivity index (χ3n) is 3.31. The average molecular weight is 361 g/mol. The highest BCUT2D eigenvalue weighted by molar-refractivity contribution is 6.30. The molecule has 0 saturated carbocycles. The Balaban J connectivity index is 1.49. The molecule has 128 valence electrons. The first-order valence-corrected chi connectivity index (χ1v) is 7.84. The van der Waals surface area contributed by atoms with E-state index >= 15 is 0 Å². The lowest BCUT2D eigenvalue weighted by Gasteiger charge is -2.07. The van der Waals surface area contributed by atoms with Crippen molar-refractivity contribution in [2.24, 2.45) is 0 Å². The van der Waals surface area contributed by atoms with Gasteiger partial charge in [0.2, 0.25) is 5.89 Å². The van der Waals surface area contributed by atoms with E-state index in [0.717, 1.165) is 5.56 Å². The maximum Gasteiger partial charge on any atom is 0.258 e. The lowest BCUT2D eigenvalue weighted by atomic mass is 10.2. The summed E-state index contributed by atoms with van der Waals surface area (Å²) in [4.78, 5) is 15.9. The standard InChI is InChI=1S/C18H14ClFN2O3/c19-14-8-13(6-7-15(14)20)24-11-17(23)21-10-18-22-9-16(25-18)12-4-2-1-3-5-12/h1-9H,10-11H2,(H,21,23). The minimum atomic E-state index is -0.545. The molecular weight excluding hydrogens is 347 g/mol. The van der Waals surface area contributed by atoms with Crippen molar-refractivity contribution in [3.63, 3.8) is 0 Å². The number of hydrogen-bond acceptors (Lipinski definition) is 4. The second-order valence-electron chi connectivity index (χ2n) is 5.13. The van der Waals surface area contributed by atoms with Crippen molar-refractivity contribution < 1.29 is 18.3 Å². The van der Waals surface area contributed by atoms with Gasteiger partial charge in [-0.2, -0.15) is 0 Å². The van der Waals surface area contributed by atoms with E-state index in [1.54, 1.807) is 6.20 Å². The van der Waals surface area contributed by atoms with Crippen LogP contribution in [0.5, 0.6) is 5.75 Å². The molecule has 0 unspecified atom stereocenters. The molecule has 1 aromatic heterocycles. The van der Waals surface area contributed by atoms with Crippen molar-refractivity contribution in [2.45, 2.75) is 6.54 Å². The van der Waals surface area contributed by atoms with E-state index in [2.05, 4.69) is 10.3 Å². The van der Waals surface area contributed by atoms with Gasteiger partial charge >= 0.3 is 0 Å². The maximum absolute atomic E-state index is 13.0. The highest BCUT2D eigenvalue weighted by atomic mass is 35.5. The minimum absolute atomic E-state index is 0.0638. The highest BCUT2D eigenvalue weighted by Crippen LogP contribution is 2.21. The van der Waals surface area contributed by atoms with E-state index in [4.69, 9.17) is 20.8 Å². The number of oxazole rings is 1. The van der Waals surface area contributed by atoms with E-state index in [-0.39, 0.29) is 24.1 Å². The molecule has 7 heteroatoms. The first-order valence-electron chi connectivity index (χ1n) is 7.46. The Morgan fingerprint density at radius 3 is 2.80 bits per heavy atom. The first-order chi connectivity index (χ1) is 12.1. The molecule has 3 aromatic rings. The van der Waals surface area contributed by atoms with Crippen molar-refractivity contribution >= 4 is 17.5 Å². The number of hydrogen-bond donors (Lipinski definition) is 1. The summed E-state index contributed by atoms with van der Waals surface area (Å²) in [6.45, 7) is -0.0899. The fourth-order valence-electron chi connectivity index (χ4n) is 2.07. The molecular formula is C18H14ClFN2O3. The fourth-order valence-corrected chi connectivity index (χ4v) is 2.24. The predicted molar refractivity (Wildman–Crippen MR) is 90.7 cm³/mol. The van der Waals surface area contributed by atoms with Crippen LogP contribution in [-0.4, -0.2) is 17.5 Å². The van der Waals surface area contributed by atoms with Crippen LogP contribution in [0.1, 0.15) is 5.89 Å². The zero-order chi connectivity index (χ0) is 17.6. The van der Waals surface area contributed by atoms with E-state index < -0.39 is 5.82 Å². The van der Waals surface area contributed by atoms with E-state index in [0.29, 0.717) is 17.4 Å². The van der Waals surface area contributed by atoms with Crippen LogP contribution in [-0.2, 0) is 11.3 Å². The molecule has 0 radical (unpaired) electrons. The van der Waals surface area contributed by atoms with Crippen LogP contribution in [0.25, 0.3) is 11.3 Å². The van der Waals surface area contributed by atoms with E-state index in [1.165, 1.54) is 18.2 Å². The van der Waals surface area contributed by atoms with E-state index in [9.17, 15) is 9.18 Å². The summed E-state index contributed by atoms with van der Waals surface area (Å²) in [5.41, 5.74) is 0.907. The molecule has 0 bridgehead atoms. The zero-order valence-electron chi connectivity index (χ0n) is 13.0. The topological polar surface area (TPSA) is 64.4 Å². The number of halogens is 2. The second kappa shape index (κ2) is 7.81. The maximum atomic E-state index is 13.0. The van der Waals surface area contributed by atoms with Crippen molar-refractivity contribution in [3.8, 4) is 17.1 Å². The molecule has 0 saturated heterocycles. The van der Waals surface area contributed by atoms with Gasteiger partial charge in [0.05, 0.1) is 17.8 Å². The number of nitrogens with zero attached hydrogens (tertiary/aromatic N) is 1. The van der Waals surface area contributed by atoms with Gasteiger partial charge in [-0.15, -0.1) is 0 Å². The number of amides is 1. The largest absolute Gasteiger partial charge is 0.484 e. The Morgan fingerprint density at radius 2 is 2.04 bits per heavy atom. The van der Waals surface area contributed by atoms with Crippen LogP contribution in [0, 0.1) is 5.82 Å². The molecule has 1 heterocycles. The Hall–Kier alpha value is -2.86. The quantitative estimate of drug-likeness (QED) is 0.725. The van der Waals surface area contributed by atoms with Gasteiger partial charge in [0, 0.05) is 11.6 Å². The third-order valence-corrected chi connectivity index (χ3v) is 3.60. The van der Waals surface area contributed by atoms with Gasteiger partial charge in [0.15, 0.2) is 12.4 Å². The van der Waals surface area contributed by atoms with Crippen LogP contribution in [0.2, 0.25) is 5.02 Å². The summed E-state index contributed by atoms with van der Waals surface area (Å²) in [5.74, 6) is 0.416. The van der Waals surface area contributed by atoms with E-state index in [1.807, 2.05) is 30.3 Å². The van der Waals surface area contributed by atoms with Crippen molar-refractivity contribution in [1.82, 2.24) is 10.3 Å². The normalized spacial score (nSPS) is 10.5. The monoisotopic (exact) mass is 360 g/mol. The van der Waals surface area contributed by atoms with Crippen molar-refractivity contribution in [1.29, 1.82) is 0 Å². The first kappa shape index (κ1) is 17.0. The number of ether oxygens (including phenoxy) is 1. The molecule has 2 aromatic carbocycles. The number of carbonyl (C=O) groups excluding carboxylic acids is 1. The molecule has 25 heavy (non-hydrogen) atoms. The van der Waals surface area contributed by atoms with Gasteiger partial charge in [-0.3, -0.25) is 4.79 Å². The van der Waals surface area contributed by atoms with Crippen LogP contribution >= 0.6 is 11.6 Å². The molecule has 1 N–H and O–H groups in total. The second-order valence-corrected chi connectivity index (χ2v) is 5.53. The number of aromatic nitrogens is 1. The molecule has 1 amide bonds. The van der Waals surface area contributed by atoms with Gasteiger partial charge < -0.3 is 14.5 Å². The zero-order valence-corrected chi connectivity index (χ0v) is 13.8. The van der Waals surface area contributed by atoms with Gasteiger partial charge in [-0.25, -0.2) is 9.37 Å². The Morgan fingerprint density at radius 1 is 1.24 bits per heavy atom. The molecule has 0 fully saturated rings. The fraction of sp³-hybridized carbons (Fsp3) is 0.111. The average Bonchev–Trinajstić information content (AvgIpc) is 3.11. The predicted octanol–water partition coefficient (Wildman–Crippen LogP) is 3.83. The third kappa shape index (κ3) is 4.58. The van der Waals surface area contributed by atoms with Gasteiger partial charge in [0.25, 0.3) is 5.91 Å².